The number of hydrogen-bond acceptors (Lipinski definition) is 5. The van der Waals surface area contributed by atoms with E-state index in [9.17, 15) is 9.90 Å². The predicted molar refractivity (Wildman–Crippen MR) is 86.8 cm³/mol. The van der Waals surface area contributed by atoms with Crippen LogP contribution < -0.4 is 10.9 Å². The van der Waals surface area contributed by atoms with Crippen LogP contribution in [0.2, 0.25) is 0 Å². The van der Waals surface area contributed by atoms with Crippen LogP contribution in [0.25, 0.3) is 16.6 Å². The van der Waals surface area contributed by atoms with Gasteiger partial charge in [-0.1, -0.05) is 6.07 Å². The molecule has 0 bridgehead atoms. The van der Waals surface area contributed by atoms with Crippen molar-refractivity contribution in [2.45, 2.75) is 6.61 Å². The first-order valence-electron chi connectivity index (χ1n) is 7.08. The summed E-state index contributed by atoms with van der Waals surface area (Å²) < 4.78 is 1.29. The molecule has 3 heterocycles. The van der Waals surface area contributed by atoms with Crippen molar-refractivity contribution in [3.8, 4) is 0 Å². The molecule has 3 aromatic heterocycles. The number of aliphatic hydroxyl groups is 1. The van der Waals surface area contributed by atoms with Crippen molar-refractivity contribution in [1.29, 1.82) is 0 Å². The molecule has 0 radical (unpaired) electrons. The summed E-state index contributed by atoms with van der Waals surface area (Å²) in [5.74, 6) is 0.348. The summed E-state index contributed by atoms with van der Waals surface area (Å²) in [6.07, 6.45) is 3.36. The van der Waals surface area contributed by atoms with Crippen molar-refractivity contribution in [1.82, 2.24) is 19.6 Å². The van der Waals surface area contributed by atoms with E-state index in [0.717, 1.165) is 16.6 Å². The molecule has 0 aliphatic rings. The molecule has 0 atom stereocenters. The van der Waals surface area contributed by atoms with E-state index in [1.807, 2.05) is 30.3 Å². The molecule has 23 heavy (non-hydrogen) atoms. The molecule has 4 aromatic rings. The number of H-pyrrole nitrogens is 1. The average Bonchev–Trinajstić information content (AvgIpc) is 3.04. The monoisotopic (exact) mass is 307 g/mol. The number of aromatic amines is 1. The summed E-state index contributed by atoms with van der Waals surface area (Å²) in [4.78, 5) is 21.0. The van der Waals surface area contributed by atoms with Crippen LogP contribution in [-0.2, 0) is 6.61 Å². The molecular weight excluding hydrogens is 294 g/mol. The SMILES string of the molecule is O=c1c(CO)c(Nc2ccc3ncccc3c2)nc2cc[nH]n12. The zero-order valence-electron chi connectivity index (χ0n) is 12.0. The standard InChI is InChI=1S/C16H13N5O2/c22-9-12-15(20-14-5-7-18-21(14)16(12)23)19-11-3-4-13-10(8-11)2-1-6-17-13/h1-8,18-19,22H,9H2. The Kier molecular flexibility index (Phi) is 3.06. The van der Waals surface area contributed by atoms with Gasteiger partial charge in [0.05, 0.1) is 17.7 Å². The highest BCUT2D eigenvalue weighted by molar-refractivity contribution is 5.83. The van der Waals surface area contributed by atoms with Gasteiger partial charge in [-0.2, -0.15) is 0 Å². The Labute approximate surface area is 130 Å². The molecule has 7 nitrogen and oxygen atoms in total. The molecule has 0 saturated carbocycles. The molecule has 0 saturated heterocycles. The molecule has 3 N–H and O–H groups in total. The van der Waals surface area contributed by atoms with Gasteiger partial charge in [0, 0.05) is 29.5 Å². The van der Waals surface area contributed by atoms with Gasteiger partial charge in [0.25, 0.3) is 5.56 Å². The van der Waals surface area contributed by atoms with Gasteiger partial charge < -0.3 is 10.4 Å². The van der Waals surface area contributed by atoms with Gasteiger partial charge in [-0.25, -0.2) is 9.50 Å². The van der Waals surface area contributed by atoms with Crippen molar-refractivity contribution in [3.05, 3.63) is 64.7 Å². The lowest BCUT2D eigenvalue weighted by Crippen LogP contribution is -2.22. The number of nitrogens with zero attached hydrogens (tertiary/aromatic N) is 3. The van der Waals surface area contributed by atoms with E-state index in [1.54, 1.807) is 18.5 Å². The van der Waals surface area contributed by atoms with Gasteiger partial charge in [-0.15, -0.1) is 0 Å². The summed E-state index contributed by atoms with van der Waals surface area (Å²) in [5, 5.41) is 16.4. The van der Waals surface area contributed by atoms with E-state index in [1.165, 1.54) is 4.52 Å². The maximum Gasteiger partial charge on any atom is 0.280 e. The minimum absolute atomic E-state index is 0.205. The molecule has 0 spiro atoms. The lowest BCUT2D eigenvalue weighted by atomic mass is 10.2. The number of hydrogen-bond donors (Lipinski definition) is 3. The molecule has 4 rings (SSSR count). The normalized spacial score (nSPS) is 11.2. The molecule has 0 unspecified atom stereocenters. The third-order valence-electron chi connectivity index (χ3n) is 3.66. The number of nitrogens with one attached hydrogen (secondary N) is 2. The highest BCUT2D eigenvalue weighted by Gasteiger charge is 2.13. The number of fused-ring (bicyclic) bond motifs is 2. The number of aliphatic hydroxyl groups excluding tert-OH is 1. The summed E-state index contributed by atoms with van der Waals surface area (Å²) in [6, 6.07) is 11.2. The lowest BCUT2D eigenvalue weighted by Gasteiger charge is -2.10. The van der Waals surface area contributed by atoms with Crippen LogP contribution in [0.4, 0.5) is 11.5 Å². The van der Waals surface area contributed by atoms with E-state index in [0.29, 0.717) is 11.5 Å². The number of rotatable bonds is 3. The third kappa shape index (κ3) is 2.23. The minimum Gasteiger partial charge on any atom is -0.391 e. The van der Waals surface area contributed by atoms with Gasteiger partial charge in [-0.05, 0) is 24.3 Å². The molecule has 0 aliphatic carbocycles. The average molecular weight is 307 g/mol. The van der Waals surface area contributed by atoms with Crippen molar-refractivity contribution in [3.63, 3.8) is 0 Å². The molecule has 0 amide bonds. The summed E-state index contributed by atoms with van der Waals surface area (Å²) in [7, 11) is 0. The lowest BCUT2D eigenvalue weighted by molar-refractivity contribution is 0.280. The topological polar surface area (TPSA) is 95.3 Å². The van der Waals surface area contributed by atoms with E-state index in [-0.39, 0.29) is 11.1 Å². The Morgan fingerprint density at radius 1 is 1.26 bits per heavy atom. The van der Waals surface area contributed by atoms with Crippen molar-refractivity contribution >= 4 is 28.1 Å². The first kappa shape index (κ1) is 13.5. The number of aromatic nitrogens is 4. The molecule has 0 aliphatic heterocycles. The maximum atomic E-state index is 12.3. The quantitative estimate of drug-likeness (QED) is 0.536. The first-order chi connectivity index (χ1) is 11.3. The van der Waals surface area contributed by atoms with Gasteiger partial charge in [-0.3, -0.25) is 14.9 Å². The third-order valence-corrected chi connectivity index (χ3v) is 3.66. The summed E-state index contributed by atoms with van der Waals surface area (Å²) in [5.41, 5.74) is 2.02. The fraction of sp³-hybridized carbons (Fsp3) is 0.0625. The Morgan fingerprint density at radius 2 is 2.17 bits per heavy atom. The fourth-order valence-electron chi connectivity index (χ4n) is 2.53. The van der Waals surface area contributed by atoms with Crippen molar-refractivity contribution in [2.24, 2.45) is 0 Å². The molecule has 114 valence electrons. The summed E-state index contributed by atoms with van der Waals surface area (Å²) in [6.45, 7) is -0.398. The number of benzene rings is 1. The second-order valence-electron chi connectivity index (χ2n) is 5.09. The van der Waals surface area contributed by atoms with Crippen LogP contribution in [0.3, 0.4) is 0 Å². The molecule has 0 fully saturated rings. The zero-order chi connectivity index (χ0) is 15.8. The minimum atomic E-state index is -0.398. The van der Waals surface area contributed by atoms with Crippen molar-refractivity contribution < 1.29 is 5.11 Å². The van der Waals surface area contributed by atoms with E-state index in [2.05, 4.69) is 20.4 Å². The van der Waals surface area contributed by atoms with E-state index < -0.39 is 6.61 Å². The Bertz CT molecular complexity index is 1070. The Morgan fingerprint density at radius 3 is 3.04 bits per heavy atom. The highest BCUT2D eigenvalue weighted by atomic mass is 16.3. The van der Waals surface area contributed by atoms with Crippen LogP contribution in [-0.4, -0.2) is 24.7 Å². The maximum absolute atomic E-state index is 12.3. The van der Waals surface area contributed by atoms with Crippen LogP contribution in [0.5, 0.6) is 0 Å². The van der Waals surface area contributed by atoms with Gasteiger partial charge in [0.2, 0.25) is 0 Å². The number of pyridine rings is 1. The van der Waals surface area contributed by atoms with Crippen LogP contribution in [0.1, 0.15) is 5.56 Å². The van der Waals surface area contributed by atoms with Gasteiger partial charge >= 0.3 is 0 Å². The predicted octanol–water partition coefficient (Wildman–Crippen LogP) is 1.81. The Hall–Kier alpha value is -3.19. The van der Waals surface area contributed by atoms with Gasteiger partial charge in [0.1, 0.15) is 5.82 Å². The van der Waals surface area contributed by atoms with Crippen molar-refractivity contribution in [2.75, 3.05) is 5.32 Å². The van der Waals surface area contributed by atoms with Gasteiger partial charge in [0.15, 0.2) is 5.65 Å². The second-order valence-corrected chi connectivity index (χ2v) is 5.09. The largest absolute Gasteiger partial charge is 0.391 e. The first-order valence-corrected chi connectivity index (χ1v) is 7.08. The van der Waals surface area contributed by atoms with Crippen LogP contribution in [0, 0.1) is 0 Å². The van der Waals surface area contributed by atoms with Crippen LogP contribution >= 0.6 is 0 Å². The van der Waals surface area contributed by atoms with E-state index >= 15 is 0 Å². The second kappa shape index (κ2) is 5.22. The highest BCUT2D eigenvalue weighted by Crippen LogP contribution is 2.21. The summed E-state index contributed by atoms with van der Waals surface area (Å²) >= 11 is 0. The molecule has 7 heteroatoms. The zero-order valence-corrected chi connectivity index (χ0v) is 12.0. The van der Waals surface area contributed by atoms with Crippen LogP contribution in [0.15, 0.2) is 53.6 Å². The molecule has 1 aromatic carbocycles. The smallest absolute Gasteiger partial charge is 0.280 e. The molecular formula is C16H13N5O2. The van der Waals surface area contributed by atoms with E-state index in [4.69, 9.17) is 0 Å². The number of anilines is 2. The fourth-order valence-corrected chi connectivity index (χ4v) is 2.53. The Balaban J connectivity index is 1.83.